The Labute approximate surface area is 123 Å². The number of sulfone groups is 1. The van der Waals surface area contributed by atoms with Crippen molar-refractivity contribution in [3.8, 4) is 0 Å². The summed E-state index contributed by atoms with van der Waals surface area (Å²) in [5.41, 5.74) is 5.66. The Morgan fingerprint density at radius 1 is 1.38 bits per heavy atom. The number of amides is 1. The van der Waals surface area contributed by atoms with E-state index < -0.39 is 40.6 Å². The van der Waals surface area contributed by atoms with Crippen LogP contribution in [0, 0.1) is 0 Å². The Balaban J connectivity index is 2.90. The first-order valence-corrected chi connectivity index (χ1v) is 8.16. The van der Waals surface area contributed by atoms with E-state index in [-0.39, 0.29) is 4.90 Å². The van der Waals surface area contributed by atoms with E-state index in [0.29, 0.717) is 5.56 Å². The number of hydrogen-bond acceptors (Lipinski definition) is 5. The van der Waals surface area contributed by atoms with Crippen LogP contribution in [0.1, 0.15) is 18.6 Å². The third-order valence-corrected chi connectivity index (χ3v) is 4.07. The first-order valence-electron chi connectivity index (χ1n) is 6.26. The van der Waals surface area contributed by atoms with Gasteiger partial charge in [-0.05, 0) is 24.6 Å². The molecule has 0 fully saturated rings. The number of rotatable bonds is 6. The Hall–Kier alpha value is -1.51. The van der Waals surface area contributed by atoms with Crippen LogP contribution in [-0.4, -0.2) is 44.4 Å². The molecule has 21 heavy (non-hydrogen) atoms. The van der Waals surface area contributed by atoms with Gasteiger partial charge in [-0.25, -0.2) is 12.8 Å². The predicted octanol–water partition coefficient (Wildman–Crippen LogP) is -0.0750. The summed E-state index contributed by atoms with van der Waals surface area (Å²) in [5, 5.41) is 12.4. The minimum atomic E-state index is -3.34. The SMILES string of the molecule is CC(N)C(=O)N[C@H](CF)[C@H](O)c1ccc(S(C)(=O)=O)cc1. The lowest BCUT2D eigenvalue weighted by molar-refractivity contribution is -0.123. The Bertz CT molecular complexity index is 587. The van der Waals surface area contributed by atoms with Gasteiger partial charge in [0.25, 0.3) is 0 Å². The van der Waals surface area contributed by atoms with Crippen molar-refractivity contribution in [1.82, 2.24) is 5.32 Å². The first kappa shape index (κ1) is 17.5. The predicted molar refractivity (Wildman–Crippen MR) is 76.1 cm³/mol. The minimum Gasteiger partial charge on any atom is -0.386 e. The molecule has 1 aromatic carbocycles. The average Bonchev–Trinajstić information content (AvgIpc) is 2.42. The van der Waals surface area contributed by atoms with Crippen molar-refractivity contribution in [2.75, 3.05) is 12.9 Å². The molecule has 0 heterocycles. The van der Waals surface area contributed by atoms with Gasteiger partial charge in [0.1, 0.15) is 12.8 Å². The van der Waals surface area contributed by atoms with E-state index in [1.165, 1.54) is 31.2 Å². The van der Waals surface area contributed by atoms with E-state index in [0.717, 1.165) is 6.26 Å². The second-order valence-electron chi connectivity index (χ2n) is 4.84. The van der Waals surface area contributed by atoms with Crippen LogP contribution in [0.2, 0.25) is 0 Å². The van der Waals surface area contributed by atoms with E-state index in [1.807, 2.05) is 0 Å². The molecule has 0 saturated heterocycles. The summed E-state index contributed by atoms with van der Waals surface area (Å²) in [6, 6.07) is 3.42. The Kier molecular flexibility index (Phi) is 5.82. The third-order valence-electron chi connectivity index (χ3n) is 2.94. The molecule has 0 aliphatic heterocycles. The van der Waals surface area contributed by atoms with Gasteiger partial charge in [-0.2, -0.15) is 0 Å². The van der Waals surface area contributed by atoms with Crippen LogP contribution in [0.15, 0.2) is 29.2 Å². The quantitative estimate of drug-likeness (QED) is 0.680. The zero-order valence-corrected chi connectivity index (χ0v) is 12.6. The number of aliphatic hydroxyl groups excluding tert-OH is 1. The summed E-state index contributed by atoms with van der Waals surface area (Å²) in [6.45, 7) is 0.464. The van der Waals surface area contributed by atoms with Crippen molar-refractivity contribution in [1.29, 1.82) is 0 Å². The number of nitrogens with one attached hydrogen (secondary N) is 1. The summed E-state index contributed by atoms with van der Waals surface area (Å²) in [5.74, 6) is -0.579. The van der Waals surface area contributed by atoms with Crippen molar-refractivity contribution in [3.05, 3.63) is 29.8 Å². The van der Waals surface area contributed by atoms with Crippen LogP contribution in [-0.2, 0) is 14.6 Å². The Morgan fingerprint density at radius 3 is 2.29 bits per heavy atom. The highest BCUT2D eigenvalue weighted by molar-refractivity contribution is 7.90. The molecule has 0 spiro atoms. The number of halogens is 1. The summed E-state index contributed by atoms with van der Waals surface area (Å²) in [4.78, 5) is 11.5. The average molecular weight is 318 g/mol. The standard InChI is InChI=1S/C13H19FN2O4S/c1-8(15)13(18)16-11(7-14)12(17)9-3-5-10(6-4-9)21(2,19)20/h3-6,8,11-12,17H,7,15H2,1-2H3,(H,16,18)/t8?,11-,12-/m1/s1. The topological polar surface area (TPSA) is 109 Å². The van der Waals surface area contributed by atoms with Crippen molar-refractivity contribution in [2.45, 2.75) is 30.0 Å². The smallest absolute Gasteiger partial charge is 0.237 e. The van der Waals surface area contributed by atoms with E-state index in [9.17, 15) is 22.7 Å². The van der Waals surface area contributed by atoms with Crippen LogP contribution >= 0.6 is 0 Å². The van der Waals surface area contributed by atoms with Gasteiger partial charge >= 0.3 is 0 Å². The molecule has 0 radical (unpaired) electrons. The number of carbonyl (C=O) groups is 1. The van der Waals surface area contributed by atoms with Gasteiger partial charge in [0.2, 0.25) is 5.91 Å². The monoisotopic (exact) mass is 318 g/mol. The van der Waals surface area contributed by atoms with Gasteiger partial charge in [0, 0.05) is 6.26 Å². The molecule has 3 atom stereocenters. The van der Waals surface area contributed by atoms with Crippen LogP contribution in [0.5, 0.6) is 0 Å². The van der Waals surface area contributed by atoms with Gasteiger partial charge < -0.3 is 16.2 Å². The fraction of sp³-hybridized carbons (Fsp3) is 0.462. The third kappa shape index (κ3) is 4.76. The van der Waals surface area contributed by atoms with Crippen LogP contribution in [0.4, 0.5) is 4.39 Å². The van der Waals surface area contributed by atoms with Crippen LogP contribution in [0.3, 0.4) is 0 Å². The van der Waals surface area contributed by atoms with Gasteiger partial charge in [0.05, 0.1) is 17.0 Å². The molecule has 0 bridgehead atoms. The van der Waals surface area contributed by atoms with Crippen molar-refractivity contribution < 1.29 is 22.7 Å². The molecule has 1 amide bonds. The lowest BCUT2D eigenvalue weighted by atomic mass is 10.0. The second-order valence-corrected chi connectivity index (χ2v) is 6.86. The molecule has 1 aromatic rings. The number of hydrogen-bond donors (Lipinski definition) is 3. The van der Waals surface area contributed by atoms with Crippen LogP contribution < -0.4 is 11.1 Å². The summed E-state index contributed by atoms with van der Waals surface area (Å²) in [6.07, 6.45) is -0.239. The lowest BCUT2D eigenvalue weighted by Gasteiger charge is -2.22. The molecule has 0 saturated carbocycles. The number of nitrogens with two attached hydrogens (primary N) is 1. The molecular formula is C13H19FN2O4S. The maximum atomic E-state index is 13.0. The fourth-order valence-electron chi connectivity index (χ4n) is 1.66. The number of alkyl halides is 1. The summed E-state index contributed by atoms with van der Waals surface area (Å²) >= 11 is 0. The van der Waals surface area contributed by atoms with Crippen molar-refractivity contribution >= 4 is 15.7 Å². The summed E-state index contributed by atoms with van der Waals surface area (Å²) < 4.78 is 35.6. The van der Waals surface area contributed by atoms with Crippen LogP contribution in [0.25, 0.3) is 0 Å². The van der Waals surface area contributed by atoms with E-state index in [4.69, 9.17) is 5.73 Å². The van der Waals surface area contributed by atoms with E-state index in [2.05, 4.69) is 5.32 Å². The summed E-state index contributed by atoms with van der Waals surface area (Å²) in [7, 11) is -3.34. The molecule has 118 valence electrons. The normalized spacial score (nSPS) is 16.0. The van der Waals surface area contributed by atoms with Crippen molar-refractivity contribution in [3.63, 3.8) is 0 Å². The maximum Gasteiger partial charge on any atom is 0.237 e. The van der Waals surface area contributed by atoms with Gasteiger partial charge in [-0.15, -0.1) is 0 Å². The maximum absolute atomic E-state index is 13.0. The lowest BCUT2D eigenvalue weighted by Crippen LogP contribution is -2.47. The molecule has 0 aliphatic carbocycles. The number of aliphatic hydroxyl groups is 1. The molecule has 1 rings (SSSR count). The Morgan fingerprint density at radius 2 is 1.90 bits per heavy atom. The molecule has 6 nitrogen and oxygen atoms in total. The van der Waals surface area contributed by atoms with E-state index in [1.54, 1.807) is 0 Å². The van der Waals surface area contributed by atoms with Gasteiger partial charge in [0.15, 0.2) is 9.84 Å². The minimum absolute atomic E-state index is 0.0925. The second kappa shape index (κ2) is 6.97. The number of benzene rings is 1. The molecule has 1 unspecified atom stereocenters. The van der Waals surface area contributed by atoms with Gasteiger partial charge in [-0.1, -0.05) is 12.1 Å². The molecule has 0 aliphatic rings. The highest BCUT2D eigenvalue weighted by Crippen LogP contribution is 2.20. The highest BCUT2D eigenvalue weighted by Gasteiger charge is 2.24. The van der Waals surface area contributed by atoms with E-state index >= 15 is 0 Å². The molecule has 4 N–H and O–H groups in total. The molecule has 8 heteroatoms. The zero-order valence-electron chi connectivity index (χ0n) is 11.8. The largest absolute Gasteiger partial charge is 0.386 e. The zero-order chi connectivity index (χ0) is 16.2. The first-order chi connectivity index (χ1) is 9.66. The highest BCUT2D eigenvalue weighted by atomic mass is 32.2. The number of carbonyl (C=O) groups excluding carboxylic acids is 1. The van der Waals surface area contributed by atoms with Gasteiger partial charge in [-0.3, -0.25) is 4.79 Å². The fourth-order valence-corrected chi connectivity index (χ4v) is 2.29. The van der Waals surface area contributed by atoms with Crippen molar-refractivity contribution in [2.24, 2.45) is 5.73 Å². The molecular weight excluding hydrogens is 299 g/mol. The molecule has 0 aromatic heterocycles.